The number of aromatic nitrogens is 1. The molecule has 7 heteroatoms. The zero-order chi connectivity index (χ0) is 22.7. The molecule has 3 aromatic rings. The van der Waals surface area contributed by atoms with Crippen LogP contribution in [0.1, 0.15) is 30.9 Å². The summed E-state index contributed by atoms with van der Waals surface area (Å²) in [6.07, 6.45) is 2.16. The molecule has 2 amide bonds. The predicted molar refractivity (Wildman–Crippen MR) is 130 cm³/mol. The third-order valence-corrected chi connectivity index (χ3v) is 6.51. The van der Waals surface area contributed by atoms with Crippen molar-refractivity contribution in [3.63, 3.8) is 0 Å². The molecule has 0 aliphatic carbocycles. The molecule has 0 spiro atoms. The van der Waals surface area contributed by atoms with Crippen LogP contribution in [0.3, 0.4) is 0 Å². The fourth-order valence-corrected chi connectivity index (χ4v) is 4.63. The number of hydrogen-bond acceptors (Lipinski definition) is 3. The Labute approximate surface area is 193 Å². The molecular weight excluding hydrogens is 424 g/mol. The van der Waals surface area contributed by atoms with Gasteiger partial charge in [0.05, 0.1) is 17.3 Å². The Morgan fingerprint density at radius 2 is 2.06 bits per heavy atom. The average molecular weight is 453 g/mol. The lowest BCUT2D eigenvalue weighted by molar-refractivity contribution is 0.174. The van der Waals surface area contributed by atoms with Crippen molar-refractivity contribution in [3.8, 4) is 0 Å². The van der Waals surface area contributed by atoms with E-state index in [1.807, 2.05) is 43.3 Å². The highest BCUT2D eigenvalue weighted by Gasteiger charge is 2.28. The molecule has 32 heavy (non-hydrogen) atoms. The van der Waals surface area contributed by atoms with Crippen LogP contribution in [-0.2, 0) is 6.54 Å². The molecule has 2 N–H and O–H groups in total. The number of hydrogen-bond donors (Lipinski definition) is 2. The second-order valence-electron chi connectivity index (χ2n) is 8.43. The number of urea groups is 1. The molecule has 2 aromatic carbocycles. The fraction of sp³-hybridized carbons (Fsp3) is 0.360. The summed E-state index contributed by atoms with van der Waals surface area (Å²) in [6.45, 7) is 6.92. The monoisotopic (exact) mass is 452 g/mol. The van der Waals surface area contributed by atoms with Gasteiger partial charge in [-0.25, -0.2) is 4.79 Å². The van der Waals surface area contributed by atoms with Crippen molar-refractivity contribution >= 4 is 34.2 Å². The van der Waals surface area contributed by atoms with E-state index in [1.54, 1.807) is 17.0 Å². The maximum absolute atomic E-state index is 13.3. The van der Waals surface area contributed by atoms with Crippen molar-refractivity contribution in [3.05, 3.63) is 75.0 Å². The van der Waals surface area contributed by atoms with Gasteiger partial charge in [-0.3, -0.25) is 9.69 Å². The molecule has 0 unspecified atom stereocenters. The second-order valence-corrected chi connectivity index (χ2v) is 8.84. The van der Waals surface area contributed by atoms with Crippen LogP contribution in [0.2, 0.25) is 5.02 Å². The molecule has 1 fully saturated rings. The van der Waals surface area contributed by atoms with E-state index >= 15 is 0 Å². The van der Waals surface area contributed by atoms with E-state index in [2.05, 4.69) is 22.1 Å². The second kappa shape index (κ2) is 9.76. The van der Waals surface area contributed by atoms with Crippen LogP contribution in [-0.4, -0.2) is 46.5 Å². The SMILES string of the molecule is CCN1CCC[C@@H]1CN(Cc1cc2cc(C)ccc2[nH]c1=O)C(=O)Nc1ccccc1Cl. The van der Waals surface area contributed by atoms with Gasteiger partial charge < -0.3 is 15.2 Å². The number of carbonyl (C=O) groups excluding carboxylic acids is 1. The van der Waals surface area contributed by atoms with Crippen LogP contribution in [0.15, 0.2) is 53.3 Å². The average Bonchev–Trinajstić information content (AvgIpc) is 3.22. The van der Waals surface area contributed by atoms with Crippen LogP contribution < -0.4 is 10.9 Å². The number of halogens is 1. The van der Waals surface area contributed by atoms with Gasteiger partial charge in [-0.05, 0) is 68.6 Å². The lowest BCUT2D eigenvalue weighted by atomic mass is 10.1. The van der Waals surface area contributed by atoms with E-state index in [1.165, 1.54) is 0 Å². The first-order valence-electron chi connectivity index (χ1n) is 11.1. The Balaban J connectivity index is 1.63. The number of nitrogens with zero attached hydrogens (tertiary/aromatic N) is 2. The molecule has 0 radical (unpaired) electrons. The van der Waals surface area contributed by atoms with Crippen molar-refractivity contribution in [2.75, 3.05) is 25.0 Å². The molecule has 168 valence electrons. The molecule has 4 rings (SSSR count). The zero-order valence-corrected chi connectivity index (χ0v) is 19.3. The number of H-pyrrole nitrogens is 1. The Hall–Kier alpha value is -2.83. The lowest BCUT2D eigenvalue weighted by Gasteiger charge is -2.30. The first-order chi connectivity index (χ1) is 15.4. The topological polar surface area (TPSA) is 68.4 Å². The maximum Gasteiger partial charge on any atom is 0.322 e. The quantitative estimate of drug-likeness (QED) is 0.552. The summed E-state index contributed by atoms with van der Waals surface area (Å²) in [5, 5.41) is 4.37. The van der Waals surface area contributed by atoms with Crippen LogP contribution in [0.5, 0.6) is 0 Å². The van der Waals surface area contributed by atoms with Crippen LogP contribution in [0, 0.1) is 6.92 Å². The predicted octanol–water partition coefficient (Wildman–Crippen LogP) is 5.01. The number of aromatic amines is 1. The normalized spacial score (nSPS) is 16.4. The smallest absolute Gasteiger partial charge is 0.322 e. The first kappa shape index (κ1) is 22.4. The van der Waals surface area contributed by atoms with E-state index in [0.717, 1.165) is 42.4 Å². The van der Waals surface area contributed by atoms with Crippen LogP contribution in [0.25, 0.3) is 10.9 Å². The number of rotatable bonds is 6. The number of benzene rings is 2. The van der Waals surface area contributed by atoms with Crippen LogP contribution in [0.4, 0.5) is 10.5 Å². The number of pyridine rings is 1. The Morgan fingerprint density at radius 3 is 2.84 bits per heavy atom. The summed E-state index contributed by atoms with van der Waals surface area (Å²) in [6, 6.07) is 15.0. The number of likely N-dealkylation sites (tertiary alicyclic amines) is 1. The number of para-hydroxylation sites is 1. The molecule has 0 saturated carbocycles. The third kappa shape index (κ3) is 4.97. The summed E-state index contributed by atoms with van der Waals surface area (Å²) in [5.74, 6) is 0. The highest BCUT2D eigenvalue weighted by Crippen LogP contribution is 2.23. The Bertz CT molecular complexity index is 1180. The van der Waals surface area contributed by atoms with Crippen molar-refractivity contribution in [2.45, 2.75) is 39.3 Å². The minimum atomic E-state index is -0.259. The first-order valence-corrected chi connectivity index (χ1v) is 11.5. The summed E-state index contributed by atoms with van der Waals surface area (Å²) < 4.78 is 0. The van der Waals surface area contributed by atoms with E-state index in [0.29, 0.717) is 22.8 Å². The Morgan fingerprint density at radius 1 is 1.25 bits per heavy atom. The number of carbonyl (C=O) groups is 1. The van der Waals surface area contributed by atoms with Gasteiger partial charge in [-0.2, -0.15) is 0 Å². The number of aryl methyl sites for hydroxylation is 1. The van der Waals surface area contributed by atoms with E-state index in [4.69, 9.17) is 11.6 Å². The minimum Gasteiger partial charge on any atom is -0.322 e. The number of likely N-dealkylation sites (N-methyl/N-ethyl adjacent to an activating group) is 1. The number of fused-ring (bicyclic) bond motifs is 1. The van der Waals surface area contributed by atoms with Crippen molar-refractivity contribution in [2.24, 2.45) is 0 Å². The molecule has 1 aliphatic rings. The number of anilines is 1. The highest BCUT2D eigenvalue weighted by atomic mass is 35.5. The van der Waals surface area contributed by atoms with Gasteiger partial charge >= 0.3 is 6.03 Å². The molecule has 0 bridgehead atoms. The summed E-state index contributed by atoms with van der Waals surface area (Å²) >= 11 is 6.26. The fourth-order valence-electron chi connectivity index (χ4n) is 4.44. The Kier molecular flexibility index (Phi) is 6.82. The number of nitrogens with one attached hydrogen (secondary N) is 2. The van der Waals surface area contributed by atoms with Gasteiger partial charge in [0.1, 0.15) is 0 Å². The van der Waals surface area contributed by atoms with E-state index in [9.17, 15) is 9.59 Å². The molecule has 2 heterocycles. The van der Waals surface area contributed by atoms with Gasteiger partial charge in [0, 0.05) is 23.7 Å². The lowest BCUT2D eigenvalue weighted by Crippen LogP contribution is -2.45. The maximum atomic E-state index is 13.3. The highest BCUT2D eigenvalue weighted by molar-refractivity contribution is 6.33. The van der Waals surface area contributed by atoms with E-state index in [-0.39, 0.29) is 24.2 Å². The van der Waals surface area contributed by atoms with Crippen molar-refractivity contribution < 1.29 is 4.79 Å². The molecule has 1 aromatic heterocycles. The molecule has 1 saturated heterocycles. The summed E-state index contributed by atoms with van der Waals surface area (Å²) in [5.41, 5.74) is 2.87. The summed E-state index contributed by atoms with van der Waals surface area (Å²) in [7, 11) is 0. The zero-order valence-electron chi connectivity index (χ0n) is 18.5. The summed E-state index contributed by atoms with van der Waals surface area (Å²) in [4.78, 5) is 33.2. The minimum absolute atomic E-state index is 0.171. The number of amides is 2. The van der Waals surface area contributed by atoms with Crippen molar-refractivity contribution in [1.82, 2.24) is 14.8 Å². The molecular formula is C25H29ClN4O2. The van der Waals surface area contributed by atoms with Gasteiger partial charge in [0.15, 0.2) is 0 Å². The molecule has 1 atom stereocenters. The van der Waals surface area contributed by atoms with Gasteiger partial charge in [-0.1, -0.05) is 42.3 Å². The van der Waals surface area contributed by atoms with E-state index < -0.39 is 0 Å². The van der Waals surface area contributed by atoms with Crippen molar-refractivity contribution in [1.29, 1.82) is 0 Å². The third-order valence-electron chi connectivity index (χ3n) is 6.18. The van der Waals surface area contributed by atoms with Crippen LogP contribution >= 0.6 is 11.6 Å². The van der Waals surface area contributed by atoms with Gasteiger partial charge in [-0.15, -0.1) is 0 Å². The largest absolute Gasteiger partial charge is 0.322 e. The molecule has 1 aliphatic heterocycles. The molecule has 6 nitrogen and oxygen atoms in total. The standard InChI is InChI=1S/C25H29ClN4O2/c1-3-29-12-6-7-20(29)16-30(25(32)28-23-9-5-4-8-21(23)26)15-19-14-18-13-17(2)10-11-22(18)27-24(19)31/h4-5,8-11,13-14,20H,3,6-7,12,15-16H2,1-2H3,(H,27,31)(H,28,32)/t20-/m1/s1. The van der Waals surface area contributed by atoms with Gasteiger partial charge in [0.2, 0.25) is 0 Å². The van der Waals surface area contributed by atoms with Gasteiger partial charge in [0.25, 0.3) is 5.56 Å².